The number of carbonyl (C=O) groups excluding carboxylic acids is 1. The molecule has 2 unspecified atom stereocenters. The molecule has 7 N–H and O–H groups in total. The van der Waals surface area contributed by atoms with E-state index in [4.69, 9.17) is 0 Å². The number of aromatic nitrogens is 1. The van der Waals surface area contributed by atoms with Gasteiger partial charge in [0.05, 0.1) is 18.2 Å². The van der Waals surface area contributed by atoms with Crippen LogP contribution in [0.4, 0.5) is 0 Å². The standard InChI is InChI=1S/C38H33N3O7S/c42-31-17-15-29(30-16-19-34(44)41-35(30)31)32(43)22-39-20-23-6-8-25(9-7-23)36(45)40-21-28-14-18-33(49-28)24-10-12-27(13-11-24)38(48,37(46)47)26-4-2-1-3-5-26/h1-19,32,39,42-43,48H,20-22H2,(H,40,45)(H,41,44)(H,46,47). The van der Waals surface area contributed by atoms with Gasteiger partial charge in [0, 0.05) is 39.9 Å². The zero-order valence-electron chi connectivity index (χ0n) is 26.1. The Labute approximate surface area is 285 Å². The summed E-state index contributed by atoms with van der Waals surface area (Å²) in [5.41, 5.74) is 1.14. The quantitative estimate of drug-likeness (QED) is 0.0946. The number of pyridine rings is 1. The Morgan fingerprint density at radius 3 is 2.24 bits per heavy atom. The zero-order valence-corrected chi connectivity index (χ0v) is 26.9. The van der Waals surface area contributed by atoms with Crippen molar-refractivity contribution in [3.63, 3.8) is 0 Å². The molecule has 0 spiro atoms. The lowest BCUT2D eigenvalue weighted by atomic mass is 9.86. The highest BCUT2D eigenvalue weighted by molar-refractivity contribution is 7.15. The first-order valence-electron chi connectivity index (χ1n) is 15.4. The lowest BCUT2D eigenvalue weighted by molar-refractivity contribution is -0.155. The number of rotatable bonds is 12. The van der Waals surface area contributed by atoms with Crippen LogP contribution in [0.2, 0.25) is 0 Å². The van der Waals surface area contributed by atoms with Gasteiger partial charge in [-0.2, -0.15) is 0 Å². The second kappa shape index (κ2) is 14.3. The summed E-state index contributed by atoms with van der Waals surface area (Å²) >= 11 is 1.50. The molecule has 6 aromatic rings. The third-order valence-electron chi connectivity index (χ3n) is 8.32. The van der Waals surface area contributed by atoms with Crippen molar-refractivity contribution in [1.29, 1.82) is 0 Å². The van der Waals surface area contributed by atoms with E-state index < -0.39 is 17.7 Å². The summed E-state index contributed by atoms with van der Waals surface area (Å²) in [7, 11) is 0. The summed E-state index contributed by atoms with van der Waals surface area (Å²) in [6.07, 6.45) is -0.882. The number of aliphatic carboxylic acids is 1. The average Bonchev–Trinajstić information content (AvgIpc) is 3.60. The monoisotopic (exact) mass is 675 g/mol. The number of phenols is 1. The number of carbonyl (C=O) groups is 2. The van der Waals surface area contributed by atoms with Crippen LogP contribution < -0.4 is 16.2 Å². The number of carboxylic acids is 1. The number of hydrogen-bond donors (Lipinski definition) is 7. The highest BCUT2D eigenvalue weighted by Gasteiger charge is 2.40. The first kappa shape index (κ1) is 33.3. The number of aromatic amines is 1. The number of amides is 1. The van der Waals surface area contributed by atoms with E-state index in [1.807, 2.05) is 24.3 Å². The largest absolute Gasteiger partial charge is 0.506 e. The van der Waals surface area contributed by atoms with E-state index in [0.29, 0.717) is 29.6 Å². The van der Waals surface area contributed by atoms with Crippen molar-refractivity contribution in [2.45, 2.75) is 24.8 Å². The topological polar surface area (TPSA) is 172 Å². The molecule has 0 aliphatic rings. The molecular weight excluding hydrogens is 642 g/mol. The fraction of sp³-hybridized carbons (Fsp3) is 0.132. The Morgan fingerprint density at radius 1 is 0.816 bits per heavy atom. The van der Waals surface area contributed by atoms with Crippen LogP contribution >= 0.6 is 11.3 Å². The van der Waals surface area contributed by atoms with Gasteiger partial charge < -0.3 is 36.0 Å². The Bertz CT molecular complexity index is 2160. The summed E-state index contributed by atoms with van der Waals surface area (Å²) < 4.78 is 0. The van der Waals surface area contributed by atoms with Gasteiger partial charge in [-0.25, -0.2) is 4.79 Å². The van der Waals surface area contributed by atoms with Crippen molar-refractivity contribution in [3.05, 3.63) is 158 Å². The molecule has 0 aliphatic carbocycles. The molecule has 2 aromatic heterocycles. The van der Waals surface area contributed by atoms with Crippen LogP contribution in [0.1, 0.15) is 43.6 Å². The van der Waals surface area contributed by atoms with Gasteiger partial charge >= 0.3 is 5.97 Å². The highest BCUT2D eigenvalue weighted by atomic mass is 32.1. The minimum Gasteiger partial charge on any atom is -0.506 e. The predicted molar refractivity (Wildman–Crippen MR) is 187 cm³/mol. The first-order chi connectivity index (χ1) is 23.6. The number of hydrogen-bond acceptors (Lipinski definition) is 8. The number of phenolic OH excluding ortho intramolecular Hbond substituents is 1. The highest BCUT2D eigenvalue weighted by Crippen LogP contribution is 2.34. The van der Waals surface area contributed by atoms with Gasteiger partial charge in [0.2, 0.25) is 11.2 Å². The maximum absolute atomic E-state index is 12.9. The van der Waals surface area contributed by atoms with Gasteiger partial charge in [-0.3, -0.25) is 9.59 Å². The molecule has 6 rings (SSSR count). The summed E-state index contributed by atoms with van der Waals surface area (Å²) in [6.45, 7) is 1.01. The molecule has 11 heteroatoms. The van der Waals surface area contributed by atoms with Gasteiger partial charge in [-0.1, -0.05) is 72.8 Å². The molecule has 4 aromatic carbocycles. The first-order valence-corrected chi connectivity index (χ1v) is 16.3. The Hall–Kier alpha value is -5.59. The van der Waals surface area contributed by atoms with Crippen molar-refractivity contribution < 1.29 is 30.0 Å². The molecule has 2 heterocycles. The maximum Gasteiger partial charge on any atom is 0.345 e. The summed E-state index contributed by atoms with van der Waals surface area (Å²) in [4.78, 5) is 41.1. The molecule has 0 saturated carbocycles. The van der Waals surface area contributed by atoms with Crippen molar-refractivity contribution >= 4 is 34.1 Å². The number of H-pyrrole nitrogens is 1. The Balaban J connectivity index is 1.01. The molecule has 2 atom stereocenters. The van der Waals surface area contributed by atoms with E-state index in [1.54, 1.807) is 78.9 Å². The molecular formula is C38H33N3O7S. The van der Waals surface area contributed by atoms with E-state index in [9.17, 15) is 34.8 Å². The molecule has 0 fully saturated rings. The van der Waals surface area contributed by atoms with Crippen LogP contribution in [0, 0.1) is 0 Å². The fourth-order valence-electron chi connectivity index (χ4n) is 5.65. The molecule has 0 radical (unpaired) electrons. The zero-order chi connectivity index (χ0) is 34.5. The lowest BCUT2D eigenvalue weighted by Crippen LogP contribution is -2.36. The summed E-state index contributed by atoms with van der Waals surface area (Å²) in [6, 6.07) is 32.1. The van der Waals surface area contributed by atoms with Gasteiger partial charge in [-0.05, 0) is 64.2 Å². The Kier molecular flexibility index (Phi) is 9.70. The van der Waals surface area contributed by atoms with Gasteiger partial charge in [0.1, 0.15) is 5.75 Å². The molecule has 1 amide bonds. The van der Waals surface area contributed by atoms with E-state index in [1.165, 1.54) is 23.5 Å². The smallest absolute Gasteiger partial charge is 0.345 e. The SMILES string of the molecule is O=C(NCc1ccc(-c2ccc(C(O)(C(=O)O)c3ccccc3)cc2)s1)c1ccc(CNCC(O)c2ccc(O)c3[nH]c(=O)ccc23)cc1. The molecule has 0 aliphatic heterocycles. The predicted octanol–water partition coefficient (Wildman–Crippen LogP) is 5.04. The van der Waals surface area contributed by atoms with Crippen LogP contribution in [0.15, 0.2) is 120 Å². The third-order valence-corrected chi connectivity index (χ3v) is 9.46. The minimum atomic E-state index is -2.17. The van der Waals surface area contributed by atoms with E-state index in [0.717, 1.165) is 20.9 Å². The number of aromatic hydroxyl groups is 1. The second-order valence-electron chi connectivity index (χ2n) is 11.5. The number of aliphatic hydroxyl groups excluding tert-OH is 1. The number of carboxylic acid groups (broad SMARTS) is 1. The van der Waals surface area contributed by atoms with Gasteiger partial charge in [0.15, 0.2) is 0 Å². The minimum absolute atomic E-state index is 0.0675. The van der Waals surface area contributed by atoms with Crippen LogP contribution in [0.25, 0.3) is 21.3 Å². The lowest BCUT2D eigenvalue weighted by Gasteiger charge is -2.24. The normalized spacial score (nSPS) is 13.1. The second-order valence-corrected chi connectivity index (χ2v) is 12.7. The van der Waals surface area contributed by atoms with Crippen LogP contribution in [0.3, 0.4) is 0 Å². The fourth-order valence-corrected chi connectivity index (χ4v) is 6.61. The van der Waals surface area contributed by atoms with Gasteiger partial charge in [0.25, 0.3) is 5.91 Å². The maximum atomic E-state index is 12.9. The molecule has 49 heavy (non-hydrogen) atoms. The van der Waals surface area contributed by atoms with Gasteiger partial charge in [-0.15, -0.1) is 11.3 Å². The van der Waals surface area contributed by atoms with Crippen LogP contribution in [-0.2, 0) is 23.5 Å². The van der Waals surface area contributed by atoms with Crippen molar-refractivity contribution in [1.82, 2.24) is 15.6 Å². The number of thiophene rings is 1. The van der Waals surface area contributed by atoms with Crippen molar-refractivity contribution in [3.8, 4) is 16.2 Å². The van der Waals surface area contributed by atoms with E-state index >= 15 is 0 Å². The van der Waals surface area contributed by atoms with E-state index in [2.05, 4.69) is 15.6 Å². The van der Waals surface area contributed by atoms with Crippen LogP contribution in [0.5, 0.6) is 5.75 Å². The average molecular weight is 676 g/mol. The number of aliphatic hydroxyl groups is 2. The van der Waals surface area contributed by atoms with E-state index in [-0.39, 0.29) is 40.4 Å². The molecule has 10 nitrogen and oxygen atoms in total. The van der Waals surface area contributed by atoms with Crippen molar-refractivity contribution in [2.75, 3.05) is 6.54 Å². The molecule has 0 bridgehead atoms. The molecule has 248 valence electrons. The van der Waals surface area contributed by atoms with Crippen molar-refractivity contribution in [2.24, 2.45) is 0 Å². The number of fused-ring (bicyclic) bond motifs is 1. The Morgan fingerprint density at radius 2 is 1.53 bits per heavy atom. The summed E-state index contributed by atoms with van der Waals surface area (Å²) in [5.74, 6) is -1.65. The third kappa shape index (κ3) is 7.15. The van der Waals surface area contributed by atoms with Crippen LogP contribution in [-0.4, -0.2) is 43.8 Å². The number of benzene rings is 4. The number of nitrogens with one attached hydrogen (secondary N) is 3. The molecule has 0 saturated heterocycles. The summed E-state index contributed by atoms with van der Waals surface area (Å²) in [5, 5.41) is 48.5.